The van der Waals surface area contributed by atoms with Crippen molar-refractivity contribution in [2.24, 2.45) is 0 Å². The Morgan fingerprint density at radius 2 is 1.63 bits per heavy atom. The minimum Gasteiger partial charge on any atom is -0.493 e. The van der Waals surface area contributed by atoms with Crippen LogP contribution in [0.4, 0.5) is 0 Å². The van der Waals surface area contributed by atoms with E-state index >= 15 is 0 Å². The molecule has 1 fully saturated rings. The predicted molar refractivity (Wildman–Crippen MR) is 105 cm³/mol. The molecule has 0 aliphatic carbocycles. The van der Waals surface area contributed by atoms with Crippen LogP contribution in [0.5, 0.6) is 17.2 Å². The van der Waals surface area contributed by atoms with Gasteiger partial charge in [0.1, 0.15) is 0 Å². The van der Waals surface area contributed by atoms with Crippen molar-refractivity contribution in [1.29, 1.82) is 0 Å². The van der Waals surface area contributed by atoms with Crippen LogP contribution in [0.15, 0.2) is 30.3 Å². The second kappa shape index (κ2) is 7.91. The monoisotopic (exact) mass is 369 g/mol. The maximum Gasteiger partial charge on any atom is 0.254 e. The highest BCUT2D eigenvalue weighted by Crippen LogP contribution is 2.39. The van der Waals surface area contributed by atoms with E-state index in [0.29, 0.717) is 28.7 Å². The van der Waals surface area contributed by atoms with Gasteiger partial charge in [0.2, 0.25) is 5.75 Å². The number of hydrogen-bond acceptors (Lipinski definition) is 4. The largest absolute Gasteiger partial charge is 0.493 e. The zero-order valence-electron chi connectivity index (χ0n) is 16.7. The van der Waals surface area contributed by atoms with Gasteiger partial charge in [-0.1, -0.05) is 18.2 Å². The molecule has 0 N–H and O–H groups in total. The normalized spacial score (nSPS) is 16.3. The number of hydrogen-bond donors (Lipinski definition) is 0. The number of amides is 1. The van der Waals surface area contributed by atoms with E-state index in [4.69, 9.17) is 14.2 Å². The Labute approximate surface area is 160 Å². The average Bonchev–Trinajstić information content (AvgIpc) is 3.18. The highest BCUT2D eigenvalue weighted by Gasteiger charge is 2.29. The smallest absolute Gasteiger partial charge is 0.254 e. The van der Waals surface area contributed by atoms with Crippen molar-refractivity contribution in [1.82, 2.24) is 4.90 Å². The van der Waals surface area contributed by atoms with Crippen LogP contribution in [-0.2, 0) is 0 Å². The fourth-order valence-corrected chi connectivity index (χ4v) is 3.62. The van der Waals surface area contributed by atoms with Gasteiger partial charge in [-0.05, 0) is 49.1 Å². The topological polar surface area (TPSA) is 48.0 Å². The van der Waals surface area contributed by atoms with Crippen LogP contribution in [0, 0.1) is 13.8 Å². The number of nitrogens with zero attached hydrogens (tertiary/aromatic N) is 1. The number of likely N-dealkylation sites (tertiary alicyclic amines) is 1. The molecule has 5 nitrogen and oxygen atoms in total. The standard InChI is InChI=1S/C22H27NO4/c1-14-6-7-16(10-15(14)2)17-8-9-23(13-17)22(24)18-11-19(25-3)21(27-5)20(12-18)26-4/h6-7,10-12,17H,8-9,13H2,1-5H3. The third-order valence-corrected chi connectivity index (χ3v) is 5.39. The SMILES string of the molecule is COc1cc(C(=O)N2CCC(c3ccc(C)c(C)c3)C2)cc(OC)c1OC. The van der Waals surface area contributed by atoms with E-state index in [1.807, 2.05) is 4.90 Å². The minimum atomic E-state index is -0.0133. The maximum absolute atomic E-state index is 13.1. The number of carbonyl (C=O) groups is 1. The molecule has 1 unspecified atom stereocenters. The number of rotatable bonds is 5. The minimum absolute atomic E-state index is 0.0133. The first-order valence-electron chi connectivity index (χ1n) is 9.15. The van der Waals surface area contributed by atoms with Crippen LogP contribution < -0.4 is 14.2 Å². The van der Waals surface area contributed by atoms with Gasteiger partial charge in [-0.2, -0.15) is 0 Å². The van der Waals surface area contributed by atoms with E-state index in [0.717, 1.165) is 19.5 Å². The van der Waals surface area contributed by atoms with Gasteiger partial charge in [0.15, 0.2) is 11.5 Å². The molecule has 2 aromatic carbocycles. The van der Waals surface area contributed by atoms with Gasteiger partial charge in [-0.3, -0.25) is 4.79 Å². The molecule has 0 bridgehead atoms. The summed E-state index contributed by atoms with van der Waals surface area (Å²) in [5.74, 6) is 1.83. The second-order valence-corrected chi connectivity index (χ2v) is 6.99. The van der Waals surface area contributed by atoms with Crippen LogP contribution >= 0.6 is 0 Å². The van der Waals surface area contributed by atoms with Gasteiger partial charge in [-0.25, -0.2) is 0 Å². The molecule has 0 radical (unpaired) electrons. The third-order valence-electron chi connectivity index (χ3n) is 5.39. The first kappa shape index (κ1) is 19.1. The molecular weight excluding hydrogens is 342 g/mol. The zero-order valence-corrected chi connectivity index (χ0v) is 16.7. The summed E-state index contributed by atoms with van der Waals surface area (Å²) in [6, 6.07) is 10.0. The Morgan fingerprint density at radius 1 is 0.963 bits per heavy atom. The second-order valence-electron chi connectivity index (χ2n) is 6.99. The molecule has 5 heteroatoms. The fourth-order valence-electron chi connectivity index (χ4n) is 3.62. The molecule has 1 aliphatic rings. The van der Waals surface area contributed by atoms with Crippen LogP contribution in [0.3, 0.4) is 0 Å². The highest BCUT2D eigenvalue weighted by atomic mass is 16.5. The fraction of sp³-hybridized carbons (Fsp3) is 0.409. The predicted octanol–water partition coefficient (Wildman–Crippen LogP) is 3.96. The van der Waals surface area contributed by atoms with Crippen LogP contribution in [-0.4, -0.2) is 45.2 Å². The van der Waals surface area contributed by atoms with Crippen LogP contribution in [0.25, 0.3) is 0 Å². The van der Waals surface area contributed by atoms with Crippen molar-refractivity contribution in [2.45, 2.75) is 26.2 Å². The molecule has 3 rings (SSSR count). The summed E-state index contributed by atoms with van der Waals surface area (Å²) in [4.78, 5) is 15.0. The summed E-state index contributed by atoms with van der Waals surface area (Å²) in [6.45, 7) is 5.71. The van der Waals surface area contributed by atoms with Gasteiger partial charge in [0.05, 0.1) is 21.3 Å². The van der Waals surface area contributed by atoms with Crippen molar-refractivity contribution in [2.75, 3.05) is 34.4 Å². The molecule has 1 heterocycles. The summed E-state index contributed by atoms with van der Waals surface area (Å²) in [6.07, 6.45) is 0.971. The van der Waals surface area contributed by atoms with Crippen LogP contribution in [0.1, 0.15) is 39.4 Å². The van der Waals surface area contributed by atoms with Gasteiger partial charge < -0.3 is 19.1 Å². The van der Waals surface area contributed by atoms with Crippen molar-refractivity contribution < 1.29 is 19.0 Å². The summed E-state index contributed by atoms with van der Waals surface area (Å²) in [7, 11) is 4.66. The Balaban J connectivity index is 1.81. The molecule has 27 heavy (non-hydrogen) atoms. The van der Waals surface area contributed by atoms with Gasteiger partial charge in [0.25, 0.3) is 5.91 Å². The Hall–Kier alpha value is -2.69. The van der Waals surface area contributed by atoms with Crippen molar-refractivity contribution in [3.8, 4) is 17.2 Å². The van der Waals surface area contributed by atoms with Gasteiger partial charge in [0, 0.05) is 24.6 Å². The van der Waals surface area contributed by atoms with E-state index in [2.05, 4.69) is 32.0 Å². The molecule has 0 aromatic heterocycles. The van der Waals surface area contributed by atoms with Crippen molar-refractivity contribution in [3.05, 3.63) is 52.6 Å². The lowest BCUT2D eigenvalue weighted by Crippen LogP contribution is -2.28. The van der Waals surface area contributed by atoms with E-state index in [-0.39, 0.29) is 5.91 Å². The molecule has 0 spiro atoms. The Kier molecular flexibility index (Phi) is 5.59. The Morgan fingerprint density at radius 3 is 2.19 bits per heavy atom. The number of carbonyl (C=O) groups excluding carboxylic acids is 1. The molecule has 1 saturated heterocycles. The van der Waals surface area contributed by atoms with Crippen molar-refractivity contribution in [3.63, 3.8) is 0 Å². The lowest BCUT2D eigenvalue weighted by Gasteiger charge is -2.19. The summed E-state index contributed by atoms with van der Waals surface area (Å²) >= 11 is 0. The summed E-state index contributed by atoms with van der Waals surface area (Å²) < 4.78 is 16.1. The maximum atomic E-state index is 13.1. The Bertz CT molecular complexity index is 821. The molecule has 2 aromatic rings. The summed E-state index contributed by atoms with van der Waals surface area (Å²) in [5, 5.41) is 0. The molecule has 144 valence electrons. The number of aryl methyl sites for hydroxylation is 2. The molecule has 1 aliphatic heterocycles. The lowest BCUT2D eigenvalue weighted by atomic mass is 9.95. The van der Waals surface area contributed by atoms with E-state index in [1.54, 1.807) is 33.5 Å². The summed E-state index contributed by atoms with van der Waals surface area (Å²) in [5.41, 5.74) is 4.44. The van der Waals surface area contributed by atoms with Crippen molar-refractivity contribution >= 4 is 5.91 Å². The lowest BCUT2D eigenvalue weighted by molar-refractivity contribution is 0.0790. The number of methoxy groups -OCH3 is 3. The van der Waals surface area contributed by atoms with Crippen LogP contribution in [0.2, 0.25) is 0 Å². The van der Waals surface area contributed by atoms with E-state index < -0.39 is 0 Å². The van der Waals surface area contributed by atoms with E-state index in [1.165, 1.54) is 16.7 Å². The first-order valence-corrected chi connectivity index (χ1v) is 9.15. The molecule has 0 saturated carbocycles. The highest BCUT2D eigenvalue weighted by molar-refractivity contribution is 5.96. The number of ether oxygens (including phenoxy) is 3. The molecular formula is C22H27NO4. The molecule has 1 amide bonds. The third kappa shape index (κ3) is 3.72. The van der Waals surface area contributed by atoms with Gasteiger partial charge in [-0.15, -0.1) is 0 Å². The van der Waals surface area contributed by atoms with E-state index in [9.17, 15) is 4.79 Å². The average molecular weight is 369 g/mol. The quantitative estimate of drug-likeness (QED) is 0.800. The number of benzene rings is 2. The zero-order chi connectivity index (χ0) is 19.6. The first-order chi connectivity index (χ1) is 13.0. The molecule has 1 atom stereocenters. The van der Waals surface area contributed by atoms with Gasteiger partial charge >= 0.3 is 0 Å².